The fourth-order valence-corrected chi connectivity index (χ4v) is 3.89. The number of rotatable bonds is 9. The number of methoxy groups -OCH3 is 2. The predicted molar refractivity (Wildman–Crippen MR) is 116 cm³/mol. The third-order valence-electron chi connectivity index (χ3n) is 4.13. The second-order valence-electron chi connectivity index (χ2n) is 6.15. The van der Waals surface area contributed by atoms with Gasteiger partial charge in [-0.05, 0) is 36.2 Å². The van der Waals surface area contributed by atoms with Gasteiger partial charge in [0.2, 0.25) is 5.91 Å². The summed E-state index contributed by atoms with van der Waals surface area (Å²) in [6, 6.07) is 6.91. The molecular weight excluding hydrogens is 474 g/mol. The zero-order valence-corrected chi connectivity index (χ0v) is 18.8. The Balaban J connectivity index is 1.48. The summed E-state index contributed by atoms with van der Waals surface area (Å²) in [4.78, 5) is 28.5. The zero-order chi connectivity index (χ0) is 21.5. The molecule has 158 valence electrons. The third kappa shape index (κ3) is 5.61. The first-order chi connectivity index (χ1) is 14.5. The standard InChI is InChI=1S/C20H20BrN3O5S/c1-27-16-8-12(14(21)10-17(16)28-2)5-6-22-18(25)9-13-11-30-20(23-13)24-19(26)15-4-3-7-29-15/h3-4,7-8,10-11H,5-6,9H2,1-2H3,(H,22,25)(H,23,24,26). The molecule has 2 amide bonds. The number of amides is 2. The van der Waals surface area contributed by atoms with E-state index in [1.54, 1.807) is 31.7 Å². The van der Waals surface area contributed by atoms with E-state index in [0.29, 0.717) is 35.3 Å². The number of halogens is 1. The normalized spacial score (nSPS) is 10.5. The number of hydrogen-bond donors (Lipinski definition) is 2. The van der Waals surface area contributed by atoms with Crippen LogP contribution in [0.3, 0.4) is 0 Å². The fraction of sp³-hybridized carbons (Fsp3) is 0.250. The first-order valence-corrected chi connectivity index (χ1v) is 10.6. The molecule has 2 aromatic heterocycles. The van der Waals surface area contributed by atoms with Crippen LogP contribution in [0.2, 0.25) is 0 Å². The monoisotopic (exact) mass is 493 g/mol. The van der Waals surface area contributed by atoms with E-state index in [4.69, 9.17) is 13.9 Å². The van der Waals surface area contributed by atoms with Crippen LogP contribution in [0.5, 0.6) is 11.5 Å². The highest BCUT2D eigenvalue weighted by molar-refractivity contribution is 9.10. The Morgan fingerprint density at radius 3 is 2.70 bits per heavy atom. The van der Waals surface area contributed by atoms with Crippen molar-refractivity contribution in [1.82, 2.24) is 10.3 Å². The predicted octanol–water partition coefficient (Wildman–Crippen LogP) is 3.67. The molecule has 10 heteroatoms. The molecule has 0 atom stereocenters. The minimum atomic E-state index is -0.383. The lowest BCUT2D eigenvalue weighted by molar-refractivity contribution is -0.120. The molecule has 0 aliphatic heterocycles. The second kappa shape index (κ2) is 10.3. The molecule has 8 nitrogen and oxygen atoms in total. The van der Waals surface area contributed by atoms with Gasteiger partial charge in [-0.25, -0.2) is 4.98 Å². The highest BCUT2D eigenvalue weighted by Gasteiger charge is 2.13. The van der Waals surface area contributed by atoms with Crippen molar-refractivity contribution in [3.63, 3.8) is 0 Å². The Labute approximate surface area is 185 Å². The number of carbonyl (C=O) groups is 2. The maximum Gasteiger partial charge on any atom is 0.293 e. The summed E-state index contributed by atoms with van der Waals surface area (Å²) in [6.07, 6.45) is 2.17. The smallest absolute Gasteiger partial charge is 0.293 e. The lowest BCUT2D eigenvalue weighted by Gasteiger charge is -2.12. The van der Waals surface area contributed by atoms with Gasteiger partial charge in [0.05, 0.1) is 32.6 Å². The molecule has 0 aliphatic rings. The third-order valence-corrected chi connectivity index (χ3v) is 5.67. The number of aromatic nitrogens is 1. The Kier molecular flexibility index (Phi) is 7.47. The van der Waals surface area contributed by atoms with Gasteiger partial charge in [0.15, 0.2) is 22.4 Å². The van der Waals surface area contributed by atoms with Crippen LogP contribution in [-0.2, 0) is 17.6 Å². The van der Waals surface area contributed by atoms with Gasteiger partial charge >= 0.3 is 0 Å². The van der Waals surface area contributed by atoms with Crippen molar-refractivity contribution >= 4 is 44.2 Å². The van der Waals surface area contributed by atoms with Gasteiger partial charge in [0, 0.05) is 16.4 Å². The van der Waals surface area contributed by atoms with E-state index in [1.165, 1.54) is 17.6 Å². The number of furan rings is 1. The molecule has 0 radical (unpaired) electrons. The number of ether oxygens (including phenoxy) is 2. The average Bonchev–Trinajstić information content (AvgIpc) is 3.41. The van der Waals surface area contributed by atoms with E-state index in [2.05, 4.69) is 31.5 Å². The molecule has 0 aliphatic carbocycles. The van der Waals surface area contributed by atoms with E-state index in [9.17, 15) is 9.59 Å². The van der Waals surface area contributed by atoms with Crippen LogP contribution in [0.1, 0.15) is 21.8 Å². The van der Waals surface area contributed by atoms with Crippen LogP contribution in [0.15, 0.2) is 44.8 Å². The quantitative estimate of drug-likeness (QED) is 0.471. The van der Waals surface area contributed by atoms with Crippen LogP contribution >= 0.6 is 27.3 Å². The fourth-order valence-electron chi connectivity index (χ4n) is 2.66. The van der Waals surface area contributed by atoms with E-state index in [0.717, 1.165) is 10.0 Å². The van der Waals surface area contributed by atoms with Gasteiger partial charge in [-0.1, -0.05) is 15.9 Å². The van der Waals surface area contributed by atoms with E-state index >= 15 is 0 Å². The van der Waals surface area contributed by atoms with Gasteiger partial charge in [-0.3, -0.25) is 14.9 Å². The Hall–Kier alpha value is -2.85. The zero-order valence-electron chi connectivity index (χ0n) is 16.4. The van der Waals surface area contributed by atoms with E-state index in [1.807, 2.05) is 12.1 Å². The summed E-state index contributed by atoms with van der Waals surface area (Å²) < 4.78 is 16.5. The van der Waals surface area contributed by atoms with Gasteiger partial charge in [-0.15, -0.1) is 11.3 Å². The topological polar surface area (TPSA) is 103 Å². The molecule has 3 rings (SSSR count). The summed E-state index contributed by atoms with van der Waals surface area (Å²) in [5, 5.41) is 7.67. The average molecular weight is 494 g/mol. The maximum absolute atomic E-state index is 12.2. The molecule has 2 heterocycles. The van der Waals surface area contributed by atoms with Gasteiger partial charge < -0.3 is 19.2 Å². The Morgan fingerprint density at radius 1 is 1.23 bits per heavy atom. The van der Waals surface area contributed by atoms with Crippen molar-refractivity contribution in [2.75, 3.05) is 26.1 Å². The number of nitrogens with one attached hydrogen (secondary N) is 2. The first kappa shape index (κ1) is 21.8. The number of anilines is 1. The highest BCUT2D eigenvalue weighted by atomic mass is 79.9. The van der Waals surface area contributed by atoms with Crippen LogP contribution in [0.25, 0.3) is 0 Å². The minimum Gasteiger partial charge on any atom is -0.493 e. The number of nitrogens with zero attached hydrogens (tertiary/aromatic N) is 1. The summed E-state index contributed by atoms with van der Waals surface area (Å²) >= 11 is 4.76. The number of benzene rings is 1. The molecule has 0 bridgehead atoms. The summed E-state index contributed by atoms with van der Waals surface area (Å²) in [6.45, 7) is 0.457. The van der Waals surface area contributed by atoms with Crippen molar-refractivity contribution < 1.29 is 23.5 Å². The lowest BCUT2D eigenvalue weighted by atomic mass is 10.1. The largest absolute Gasteiger partial charge is 0.493 e. The molecule has 2 N–H and O–H groups in total. The Morgan fingerprint density at radius 2 is 2.00 bits per heavy atom. The van der Waals surface area contributed by atoms with Crippen LogP contribution < -0.4 is 20.1 Å². The first-order valence-electron chi connectivity index (χ1n) is 8.96. The van der Waals surface area contributed by atoms with Crippen molar-refractivity contribution in [2.24, 2.45) is 0 Å². The summed E-state index contributed by atoms with van der Waals surface area (Å²) in [5.41, 5.74) is 1.57. The Bertz CT molecular complexity index is 1020. The van der Waals surface area contributed by atoms with Crippen LogP contribution in [-0.4, -0.2) is 37.6 Å². The van der Waals surface area contributed by atoms with E-state index < -0.39 is 0 Å². The second-order valence-corrected chi connectivity index (χ2v) is 7.86. The minimum absolute atomic E-state index is 0.125. The molecule has 30 heavy (non-hydrogen) atoms. The SMILES string of the molecule is COc1cc(Br)c(CCNC(=O)Cc2csc(NC(=O)c3ccco3)n2)cc1OC. The molecular formula is C20H20BrN3O5S. The highest BCUT2D eigenvalue weighted by Crippen LogP contribution is 2.33. The number of hydrogen-bond acceptors (Lipinski definition) is 7. The molecule has 0 saturated carbocycles. The van der Waals surface area contributed by atoms with E-state index in [-0.39, 0.29) is 24.0 Å². The lowest BCUT2D eigenvalue weighted by Crippen LogP contribution is -2.27. The molecule has 3 aromatic rings. The molecule has 0 fully saturated rings. The van der Waals surface area contributed by atoms with Crippen molar-refractivity contribution in [3.05, 3.63) is 57.4 Å². The van der Waals surface area contributed by atoms with Gasteiger partial charge in [-0.2, -0.15) is 0 Å². The molecule has 0 unspecified atom stereocenters. The van der Waals surface area contributed by atoms with Crippen LogP contribution in [0, 0.1) is 0 Å². The van der Waals surface area contributed by atoms with Gasteiger partial charge in [0.1, 0.15) is 0 Å². The van der Waals surface area contributed by atoms with Crippen molar-refractivity contribution in [3.8, 4) is 11.5 Å². The molecule has 1 aromatic carbocycles. The summed E-state index contributed by atoms with van der Waals surface area (Å²) in [5.74, 6) is 0.932. The van der Waals surface area contributed by atoms with Crippen molar-refractivity contribution in [2.45, 2.75) is 12.8 Å². The molecule has 0 spiro atoms. The summed E-state index contributed by atoms with van der Waals surface area (Å²) in [7, 11) is 3.16. The van der Waals surface area contributed by atoms with Gasteiger partial charge in [0.25, 0.3) is 5.91 Å². The van der Waals surface area contributed by atoms with Crippen LogP contribution in [0.4, 0.5) is 5.13 Å². The van der Waals surface area contributed by atoms with Crippen molar-refractivity contribution in [1.29, 1.82) is 0 Å². The molecule has 0 saturated heterocycles. The maximum atomic E-state index is 12.2. The number of carbonyl (C=O) groups excluding carboxylic acids is 2. The number of thiazole rings is 1.